The summed E-state index contributed by atoms with van der Waals surface area (Å²) < 4.78 is 13.9. The average molecular weight is 259 g/mol. The van der Waals surface area contributed by atoms with Crippen LogP contribution >= 0.6 is 11.6 Å². The molecule has 2 N–H and O–H groups in total. The zero-order chi connectivity index (χ0) is 13.0. The van der Waals surface area contributed by atoms with Crippen molar-refractivity contribution in [2.75, 3.05) is 20.1 Å². The third-order valence-corrected chi connectivity index (χ3v) is 3.04. The van der Waals surface area contributed by atoms with Gasteiger partial charge in [0, 0.05) is 24.7 Å². The Morgan fingerprint density at radius 2 is 2.06 bits per heavy atom. The molecule has 17 heavy (non-hydrogen) atoms. The molecule has 0 saturated carbocycles. The van der Waals surface area contributed by atoms with E-state index in [0.717, 1.165) is 6.54 Å². The third-order valence-electron chi connectivity index (χ3n) is 2.75. The quantitative estimate of drug-likeness (QED) is 0.880. The lowest BCUT2D eigenvalue weighted by molar-refractivity contribution is 0.219. The molecular weight excluding hydrogens is 239 g/mol. The largest absolute Gasteiger partial charge is 0.329 e. The Morgan fingerprint density at radius 3 is 2.59 bits per heavy atom. The van der Waals surface area contributed by atoms with Gasteiger partial charge in [0.15, 0.2) is 0 Å². The van der Waals surface area contributed by atoms with Crippen LogP contribution < -0.4 is 5.73 Å². The average Bonchev–Trinajstić information content (AvgIpc) is 2.24. The van der Waals surface area contributed by atoms with Gasteiger partial charge in [0.25, 0.3) is 0 Å². The van der Waals surface area contributed by atoms with E-state index in [1.54, 1.807) is 18.2 Å². The molecule has 0 radical (unpaired) electrons. The van der Waals surface area contributed by atoms with Crippen LogP contribution in [0.4, 0.5) is 4.39 Å². The van der Waals surface area contributed by atoms with Crippen LogP contribution in [0.5, 0.6) is 0 Å². The Hall–Kier alpha value is -0.640. The van der Waals surface area contributed by atoms with Crippen LogP contribution in [0.2, 0.25) is 5.02 Å². The van der Waals surface area contributed by atoms with Crippen LogP contribution in [0.15, 0.2) is 18.2 Å². The maximum Gasteiger partial charge on any atom is 0.146 e. The highest BCUT2D eigenvalue weighted by Gasteiger charge is 2.20. The lowest BCUT2D eigenvalue weighted by Gasteiger charge is -2.29. The van der Waals surface area contributed by atoms with Crippen LogP contribution in [0.1, 0.15) is 25.5 Å². The van der Waals surface area contributed by atoms with Crippen LogP contribution in [-0.2, 0) is 0 Å². The molecule has 1 unspecified atom stereocenters. The van der Waals surface area contributed by atoms with Crippen LogP contribution in [-0.4, -0.2) is 25.0 Å². The first-order chi connectivity index (χ1) is 7.97. The van der Waals surface area contributed by atoms with Crippen molar-refractivity contribution in [1.29, 1.82) is 0 Å². The molecule has 96 valence electrons. The number of hydrogen-bond acceptors (Lipinski definition) is 2. The molecule has 0 aromatic heterocycles. The normalized spacial score (nSPS) is 13.4. The molecule has 1 aromatic carbocycles. The van der Waals surface area contributed by atoms with E-state index in [0.29, 0.717) is 18.0 Å². The summed E-state index contributed by atoms with van der Waals surface area (Å²) in [6.45, 7) is 5.49. The molecule has 0 aliphatic heterocycles. The molecule has 0 bridgehead atoms. The van der Waals surface area contributed by atoms with Gasteiger partial charge >= 0.3 is 0 Å². The van der Waals surface area contributed by atoms with E-state index < -0.39 is 0 Å². The van der Waals surface area contributed by atoms with Crippen molar-refractivity contribution >= 4 is 11.6 Å². The number of benzene rings is 1. The Morgan fingerprint density at radius 1 is 1.41 bits per heavy atom. The highest BCUT2D eigenvalue weighted by atomic mass is 35.5. The molecule has 1 aromatic rings. The maximum atomic E-state index is 13.9. The number of nitrogens with zero attached hydrogens (tertiary/aromatic N) is 1. The summed E-state index contributed by atoms with van der Waals surface area (Å²) in [5.74, 6) is 0.150. The van der Waals surface area contributed by atoms with Gasteiger partial charge in [0.05, 0.1) is 5.02 Å². The summed E-state index contributed by atoms with van der Waals surface area (Å²) in [6, 6.07) is 4.93. The summed E-state index contributed by atoms with van der Waals surface area (Å²) in [5.41, 5.74) is 6.32. The Labute approximate surface area is 108 Å². The fraction of sp³-hybridized carbons (Fsp3) is 0.538. The van der Waals surface area contributed by atoms with Gasteiger partial charge in [-0.1, -0.05) is 37.6 Å². The van der Waals surface area contributed by atoms with Gasteiger partial charge in [-0.3, -0.25) is 4.90 Å². The zero-order valence-electron chi connectivity index (χ0n) is 10.6. The number of rotatable bonds is 5. The van der Waals surface area contributed by atoms with Crippen LogP contribution in [0.3, 0.4) is 0 Å². The Balaban J connectivity index is 2.97. The number of nitrogens with two attached hydrogens (primary N) is 1. The summed E-state index contributed by atoms with van der Waals surface area (Å²) >= 11 is 5.79. The molecule has 0 amide bonds. The molecule has 0 aliphatic rings. The van der Waals surface area contributed by atoms with E-state index in [2.05, 4.69) is 18.7 Å². The van der Waals surface area contributed by atoms with Gasteiger partial charge in [0.1, 0.15) is 5.82 Å². The van der Waals surface area contributed by atoms with Gasteiger partial charge in [-0.2, -0.15) is 0 Å². The monoisotopic (exact) mass is 258 g/mol. The molecule has 4 heteroatoms. The van der Waals surface area contributed by atoms with Gasteiger partial charge in [-0.15, -0.1) is 0 Å². The molecule has 2 nitrogen and oxygen atoms in total. The van der Waals surface area contributed by atoms with Crippen molar-refractivity contribution in [3.63, 3.8) is 0 Å². The van der Waals surface area contributed by atoms with Gasteiger partial charge in [-0.05, 0) is 19.0 Å². The summed E-state index contributed by atoms with van der Waals surface area (Å²) in [4.78, 5) is 2.07. The van der Waals surface area contributed by atoms with Crippen LogP contribution in [0, 0.1) is 11.7 Å². The van der Waals surface area contributed by atoms with Crippen molar-refractivity contribution in [1.82, 2.24) is 4.90 Å². The van der Waals surface area contributed by atoms with Gasteiger partial charge < -0.3 is 5.73 Å². The highest BCUT2D eigenvalue weighted by Crippen LogP contribution is 2.26. The summed E-state index contributed by atoms with van der Waals surface area (Å²) in [7, 11) is 1.96. The fourth-order valence-corrected chi connectivity index (χ4v) is 2.21. The second kappa shape index (κ2) is 6.34. The van der Waals surface area contributed by atoms with Crippen molar-refractivity contribution in [3.8, 4) is 0 Å². The minimum absolute atomic E-state index is 0.129. The second-order valence-electron chi connectivity index (χ2n) is 4.73. The van der Waals surface area contributed by atoms with E-state index in [9.17, 15) is 4.39 Å². The first-order valence-electron chi connectivity index (χ1n) is 5.81. The molecule has 0 saturated heterocycles. The Kier molecular flexibility index (Phi) is 5.37. The molecule has 0 fully saturated rings. The van der Waals surface area contributed by atoms with E-state index in [1.165, 1.54) is 0 Å². The number of hydrogen-bond donors (Lipinski definition) is 1. The fourth-order valence-electron chi connectivity index (χ4n) is 2.03. The van der Waals surface area contributed by atoms with E-state index in [4.69, 9.17) is 17.3 Å². The topological polar surface area (TPSA) is 29.3 Å². The van der Waals surface area contributed by atoms with Crippen molar-refractivity contribution in [2.24, 2.45) is 11.7 Å². The lowest BCUT2D eigenvalue weighted by atomic mass is 10.0. The first-order valence-corrected chi connectivity index (χ1v) is 6.19. The summed E-state index contributed by atoms with van der Waals surface area (Å²) in [6.07, 6.45) is 0. The molecule has 0 aliphatic carbocycles. The molecular formula is C13H20ClFN2. The van der Waals surface area contributed by atoms with Gasteiger partial charge in [-0.25, -0.2) is 4.39 Å². The van der Waals surface area contributed by atoms with Crippen molar-refractivity contribution < 1.29 is 4.39 Å². The molecule has 0 spiro atoms. The molecule has 0 heterocycles. The summed E-state index contributed by atoms with van der Waals surface area (Å²) in [5, 5.41) is 0.152. The standard InChI is InChI=1S/C13H20ClFN2/c1-9(2)8-17(3)12(7-16)10-5-4-6-11(14)13(10)15/h4-6,9,12H,7-8,16H2,1-3H3. The second-order valence-corrected chi connectivity index (χ2v) is 5.14. The molecule has 1 rings (SSSR count). The highest BCUT2D eigenvalue weighted by molar-refractivity contribution is 6.30. The predicted octanol–water partition coefficient (Wildman–Crippen LogP) is 3.07. The number of halogens is 2. The third kappa shape index (κ3) is 3.66. The smallest absolute Gasteiger partial charge is 0.146 e. The minimum Gasteiger partial charge on any atom is -0.329 e. The Bertz CT molecular complexity index is 368. The zero-order valence-corrected chi connectivity index (χ0v) is 11.3. The van der Waals surface area contributed by atoms with E-state index in [-0.39, 0.29) is 16.9 Å². The lowest BCUT2D eigenvalue weighted by Crippen LogP contribution is -2.33. The predicted molar refractivity (Wildman–Crippen MR) is 70.7 cm³/mol. The number of likely N-dealkylation sites (N-methyl/N-ethyl adjacent to an activating group) is 1. The first kappa shape index (κ1) is 14.4. The maximum absolute atomic E-state index is 13.9. The van der Waals surface area contributed by atoms with Crippen LogP contribution in [0.25, 0.3) is 0 Å². The SMILES string of the molecule is CC(C)CN(C)C(CN)c1cccc(Cl)c1F. The van der Waals surface area contributed by atoms with E-state index >= 15 is 0 Å². The van der Waals surface area contributed by atoms with Crippen molar-refractivity contribution in [2.45, 2.75) is 19.9 Å². The van der Waals surface area contributed by atoms with Gasteiger partial charge in [0.2, 0.25) is 0 Å². The van der Waals surface area contributed by atoms with E-state index in [1.807, 2.05) is 7.05 Å². The van der Waals surface area contributed by atoms with Crippen molar-refractivity contribution in [3.05, 3.63) is 34.6 Å². The molecule has 1 atom stereocenters. The minimum atomic E-state index is -0.361.